The minimum Gasteiger partial charge on any atom is -0.480 e. The molecule has 0 rings (SSSR count). The molecule has 0 radical (unpaired) electrons. The van der Waals surface area contributed by atoms with Gasteiger partial charge >= 0.3 is 25.7 Å². The number of hydrogen-bond acceptors (Lipinski definition) is 9. The van der Waals surface area contributed by atoms with Crippen LogP contribution >= 0.6 is 7.82 Å². The van der Waals surface area contributed by atoms with E-state index in [2.05, 4.69) is 103 Å². The Morgan fingerprint density at radius 3 is 1.47 bits per heavy atom. The highest BCUT2D eigenvalue weighted by molar-refractivity contribution is 7.47. The molecular weight excluding hydrogens is 757 g/mol. The standard InChI is InChI=1S/C46H76NO10P/c1-3-5-7-9-11-13-15-17-19-20-21-22-24-25-27-29-31-33-35-37-44(48)54-39-42(40-55-58(52,53)56-41-43(47)46(50)51)57-45(49)38-36-34-32-30-28-26-23-18-16-14-12-10-8-6-4-2/h5,7,11-14,17-19,21-23,25,27,42-43H,3-4,6,8-10,15-16,20,24,26,28-41,47H2,1-2H3,(H,50,51)(H,52,53)/b7-5+,13-11+,14-12+,19-17+,22-21+,23-18+,27-25+/t42-,43+/m1/s1. The SMILES string of the molecule is CC/C=C/C/C=C/C/C=C/C/C=C/C/C=C/CCCCCC(=O)OC[C@H](COP(=O)(O)OC[C@H](N)C(=O)O)OC(=O)CCCCCCC/C=C/C/C=C/CCCCC. The molecule has 3 atom stereocenters. The van der Waals surface area contributed by atoms with Crippen molar-refractivity contribution >= 4 is 25.7 Å². The Hall–Kier alpha value is -3.34. The molecule has 0 saturated heterocycles. The molecule has 11 nitrogen and oxygen atoms in total. The van der Waals surface area contributed by atoms with Gasteiger partial charge in [0.1, 0.15) is 12.6 Å². The van der Waals surface area contributed by atoms with E-state index >= 15 is 0 Å². The molecule has 0 aromatic rings. The van der Waals surface area contributed by atoms with Crippen LogP contribution in [0.3, 0.4) is 0 Å². The second kappa shape index (κ2) is 40.4. The molecule has 0 aliphatic heterocycles. The Balaban J connectivity index is 4.47. The average Bonchev–Trinajstić information content (AvgIpc) is 3.20. The van der Waals surface area contributed by atoms with Crippen molar-refractivity contribution in [3.05, 3.63) is 85.1 Å². The first-order valence-corrected chi connectivity index (χ1v) is 23.1. The zero-order chi connectivity index (χ0) is 42.8. The van der Waals surface area contributed by atoms with Crippen LogP contribution in [0, 0.1) is 0 Å². The van der Waals surface area contributed by atoms with Crippen LogP contribution in [-0.4, -0.2) is 59.9 Å². The monoisotopic (exact) mass is 834 g/mol. The van der Waals surface area contributed by atoms with Crippen LogP contribution in [0.5, 0.6) is 0 Å². The van der Waals surface area contributed by atoms with Gasteiger partial charge in [0, 0.05) is 12.8 Å². The molecule has 0 aromatic heterocycles. The zero-order valence-corrected chi connectivity index (χ0v) is 36.5. The van der Waals surface area contributed by atoms with Crippen molar-refractivity contribution in [2.75, 3.05) is 19.8 Å². The summed E-state index contributed by atoms with van der Waals surface area (Å²) in [5, 5.41) is 8.89. The minimum absolute atomic E-state index is 0.133. The van der Waals surface area contributed by atoms with E-state index < -0.39 is 51.1 Å². The number of esters is 2. The summed E-state index contributed by atoms with van der Waals surface area (Å²) in [4.78, 5) is 45.9. The fourth-order valence-electron chi connectivity index (χ4n) is 5.24. The van der Waals surface area contributed by atoms with Gasteiger partial charge < -0.3 is 25.2 Å². The van der Waals surface area contributed by atoms with Gasteiger partial charge in [-0.15, -0.1) is 0 Å². The Kier molecular flexibility index (Phi) is 38.1. The Morgan fingerprint density at radius 2 is 0.966 bits per heavy atom. The number of nitrogens with two attached hydrogens (primary N) is 1. The average molecular weight is 834 g/mol. The number of carbonyl (C=O) groups excluding carboxylic acids is 2. The molecule has 4 N–H and O–H groups in total. The maximum absolute atomic E-state index is 12.6. The molecule has 0 spiro atoms. The van der Waals surface area contributed by atoms with Gasteiger partial charge in [-0.2, -0.15) is 0 Å². The van der Waals surface area contributed by atoms with Crippen molar-refractivity contribution in [1.82, 2.24) is 0 Å². The smallest absolute Gasteiger partial charge is 0.472 e. The Labute approximate surface area is 350 Å². The lowest BCUT2D eigenvalue weighted by Gasteiger charge is -2.20. The van der Waals surface area contributed by atoms with Gasteiger partial charge in [0.05, 0.1) is 13.2 Å². The zero-order valence-electron chi connectivity index (χ0n) is 35.6. The molecule has 0 aliphatic carbocycles. The summed E-state index contributed by atoms with van der Waals surface area (Å²) in [6, 6.07) is -1.53. The lowest BCUT2D eigenvalue weighted by molar-refractivity contribution is -0.161. The van der Waals surface area contributed by atoms with E-state index in [-0.39, 0.29) is 19.4 Å². The van der Waals surface area contributed by atoms with E-state index in [1.807, 2.05) is 0 Å². The van der Waals surface area contributed by atoms with Gasteiger partial charge in [0.15, 0.2) is 6.10 Å². The maximum Gasteiger partial charge on any atom is 0.472 e. The number of unbranched alkanes of at least 4 members (excludes halogenated alkanes) is 11. The number of phosphoric ester groups is 1. The van der Waals surface area contributed by atoms with E-state index in [0.29, 0.717) is 12.8 Å². The van der Waals surface area contributed by atoms with Crippen LogP contribution in [0.15, 0.2) is 85.1 Å². The molecule has 12 heteroatoms. The number of allylic oxidation sites excluding steroid dienone is 14. The van der Waals surface area contributed by atoms with Crippen molar-refractivity contribution in [3.8, 4) is 0 Å². The predicted molar refractivity (Wildman–Crippen MR) is 235 cm³/mol. The highest BCUT2D eigenvalue weighted by atomic mass is 31.2. The van der Waals surface area contributed by atoms with E-state index in [1.54, 1.807) is 0 Å². The molecule has 0 bridgehead atoms. The molecule has 0 amide bonds. The summed E-state index contributed by atoms with van der Waals surface area (Å²) < 4.78 is 32.6. The van der Waals surface area contributed by atoms with Crippen molar-refractivity contribution in [3.63, 3.8) is 0 Å². The number of rotatable bonds is 39. The molecule has 1 unspecified atom stereocenters. The number of hydrogen-bond donors (Lipinski definition) is 3. The molecule has 0 saturated carbocycles. The third-order valence-electron chi connectivity index (χ3n) is 8.63. The third kappa shape index (κ3) is 39.5. The summed E-state index contributed by atoms with van der Waals surface area (Å²) in [5.74, 6) is -2.45. The maximum atomic E-state index is 12.6. The summed E-state index contributed by atoms with van der Waals surface area (Å²) in [5.41, 5.74) is 5.33. The van der Waals surface area contributed by atoms with Crippen LogP contribution < -0.4 is 5.73 Å². The second-order valence-electron chi connectivity index (χ2n) is 14.1. The summed E-state index contributed by atoms with van der Waals surface area (Å²) in [6.45, 7) is 2.59. The topological polar surface area (TPSA) is 172 Å². The molecule has 58 heavy (non-hydrogen) atoms. The van der Waals surface area contributed by atoms with Crippen LogP contribution in [0.2, 0.25) is 0 Å². The van der Waals surface area contributed by atoms with Gasteiger partial charge in [0.2, 0.25) is 0 Å². The second-order valence-corrected chi connectivity index (χ2v) is 15.5. The lowest BCUT2D eigenvalue weighted by Crippen LogP contribution is -2.34. The van der Waals surface area contributed by atoms with E-state index in [0.717, 1.165) is 96.3 Å². The van der Waals surface area contributed by atoms with Crippen LogP contribution in [0.1, 0.15) is 155 Å². The van der Waals surface area contributed by atoms with Crippen LogP contribution in [0.4, 0.5) is 0 Å². The molecule has 0 fully saturated rings. The van der Waals surface area contributed by atoms with Gasteiger partial charge in [-0.3, -0.25) is 23.4 Å². The molecule has 0 aromatic carbocycles. The fourth-order valence-corrected chi connectivity index (χ4v) is 6.02. The van der Waals surface area contributed by atoms with Crippen molar-refractivity contribution < 1.29 is 47.5 Å². The van der Waals surface area contributed by atoms with Crippen LogP contribution in [-0.2, 0) is 37.5 Å². The number of ether oxygens (including phenoxy) is 2. The van der Waals surface area contributed by atoms with Gasteiger partial charge in [-0.25, -0.2) is 4.57 Å². The fraction of sp³-hybridized carbons (Fsp3) is 0.630. The summed E-state index contributed by atoms with van der Waals surface area (Å²) in [6.07, 6.45) is 49.3. The molecule has 330 valence electrons. The van der Waals surface area contributed by atoms with Crippen molar-refractivity contribution in [1.29, 1.82) is 0 Å². The first kappa shape index (κ1) is 54.7. The van der Waals surface area contributed by atoms with E-state index in [9.17, 15) is 23.8 Å². The highest BCUT2D eigenvalue weighted by Crippen LogP contribution is 2.43. The number of carboxylic acids is 1. The largest absolute Gasteiger partial charge is 0.480 e. The number of aliphatic carboxylic acids is 1. The lowest BCUT2D eigenvalue weighted by atomic mass is 10.1. The first-order valence-electron chi connectivity index (χ1n) is 21.6. The third-order valence-corrected chi connectivity index (χ3v) is 9.58. The number of carboxylic acid groups (broad SMARTS) is 1. The van der Waals surface area contributed by atoms with Gasteiger partial charge in [0.25, 0.3) is 0 Å². The van der Waals surface area contributed by atoms with Crippen molar-refractivity contribution in [2.45, 2.75) is 167 Å². The Bertz CT molecular complexity index is 1300. The number of carbonyl (C=O) groups is 3. The summed E-state index contributed by atoms with van der Waals surface area (Å²) in [7, 11) is -4.73. The normalized spacial score (nSPS) is 14.6. The number of phosphoric acid groups is 1. The molecular formula is C46H76NO10P. The van der Waals surface area contributed by atoms with E-state index in [4.69, 9.17) is 24.8 Å². The highest BCUT2D eigenvalue weighted by Gasteiger charge is 2.28. The van der Waals surface area contributed by atoms with Gasteiger partial charge in [-0.05, 0) is 89.9 Å². The van der Waals surface area contributed by atoms with Crippen LogP contribution in [0.25, 0.3) is 0 Å². The molecule has 0 aliphatic rings. The predicted octanol–water partition coefficient (Wildman–Crippen LogP) is 11.5. The first-order chi connectivity index (χ1) is 28.1. The minimum atomic E-state index is -4.73. The van der Waals surface area contributed by atoms with Crippen molar-refractivity contribution in [2.24, 2.45) is 5.73 Å². The molecule has 0 heterocycles. The van der Waals surface area contributed by atoms with E-state index in [1.165, 1.54) is 19.3 Å². The van der Waals surface area contributed by atoms with Gasteiger partial charge in [-0.1, -0.05) is 137 Å². The Morgan fingerprint density at radius 1 is 0.552 bits per heavy atom. The summed E-state index contributed by atoms with van der Waals surface area (Å²) >= 11 is 0. The quantitative estimate of drug-likeness (QED) is 0.0233.